The standard InChI is InChI=1S/C8H14N4OS/c1-5(13)10-7-11-6(12-14-7)4-8(2,3)9/h4,9H2,1-3H3,(H,10,11,12,13). The molecule has 0 bridgehead atoms. The summed E-state index contributed by atoms with van der Waals surface area (Å²) in [6, 6.07) is 0. The fraction of sp³-hybridized carbons (Fsp3) is 0.625. The van der Waals surface area contributed by atoms with Gasteiger partial charge in [-0.25, -0.2) is 4.98 Å². The number of rotatable bonds is 3. The molecule has 0 spiro atoms. The number of nitrogens with two attached hydrogens (primary N) is 1. The normalized spacial score (nSPS) is 11.4. The van der Waals surface area contributed by atoms with Crippen molar-refractivity contribution in [1.29, 1.82) is 0 Å². The molecule has 5 nitrogen and oxygen atoms in total. The molecular formula is C8H14N4OS. The molecule has 0 aliphatic heterocycles. The van der Waals surface area contributed by atoms with E-state index in [1.54, 1.807) is 0 Å². The van der Waals surface area contributed by atoms with E-state index in [9.17, 15) is 4.79 Å². The largest absolute Gasteiger partial charge is 0.325 e. The molecule has 78 valence electrons. The van der Waals surface area contributed by atoms with Gasteiger partial charge < -0.3 is 11.1 Å². The minimum Gasteiger partial charge on any atom is -0.325 e. The second kappa shape index (κ2) is 4.02. The molecule has 1 aromatic rings. The quantitative estimate of drug-likeness (QED) is 0.779. The number of carbonyl (C=O) groups excluding carboxylic acids is 1. The highest BCUT2D eigenvalue weighted by atomic mass is 32.1. The Morgan fingerprint density at radius 1 is 1.64 bits per heavy atom. The van der Waals surface area contributed by atoms with E-state index < -0.39 is 0 Å². The number of aromatic nitrogens is 2. The van der Waals surface area contributed by atoms with Gasteiger partial charge in [0.15, 0.2) is 0 Å². The zero-order valence-corrected chi connectivity index (χ0v) is 9.31. The highest BCUT2D eigenvalue weighted by Crippen LogP contribution is 2.14. The van der Waals surface area contributed by atoms with Gasteiger partial charge in [0.1, 0.15) is 5.82 Å². The Kier molecular flexibility index (Phi) is 3.17. The number of hydrogen-bond donors (Lipinski definition) is 2. The van der Waals surface area contributed by atoms with Crippen LogP contribution in [0, 0.1) is 0 Å². The van der Waals surface area contributed by atoms with E-state index in [0.29, 0.717) is 17.4 Å². The van der Waals surface area contributed by atoms with Crippen LogP contribution in [0.4, 0.5) is 5.13 Å². The van der Waals surface area contributed by atoms with Gasteiger partial charge in [0.2, 0.25) is 11.0 Å². The van der Waals surface area contributed by atoms with Crippen molar-refractivity contribution >= 4 is 22.6 Å². The molecule has 0 unspecified atom stereocenters. The molecule has 0 fully saturated rings. The smallest absolute Gasteiger partial charge is 0.223 e. The number of carbonyl (C=O) groups is 1. The molecular weight excluding hydrogens is 200 g/mol. The maximum absolute atomic E-state index is 10.7. The Hall–Kier alpha value is -1.01. The highest BCUT2D eigenvalue weighted by Gasteiger charge is 2.15. The number of nitrogens with one attached hydrogen (secondary N) is 1. The first kappa shape index (κ1) is 11.1. The maximum Gasteiger partial charge on any atom is 0.223 e. The molecule has 3 N–H and O–H groups in total. The van der Waals surface area contributed by atoms with Crippen LogP contribution in [0.1, 0.15) is 26.6 Å². The Morgan fingerprint density at radius 2 is 2.29 bits per heavy atom. The Bertz CT molecular complexity index is 328. The van der Waals surface area contributed by atoms with Crippen LogP contribution in [0.3, 0.4) is 0 Å². The number of anilines is 1. The lowest BCUT2D eigenvalue weighted by atomic mass is 10.0. The molecule has 14 heavy (non-hydrogen) atoms. The van der Waals surface area contributed by atoms with Crippen LogP contribution >= 0.6 is 11.5 Å². The van der Waals surface area contributed by atoms with Crippen molar-refractivity contribution in [3.8, 4) is 0 Å². The van der Waals surface area contributed by atoms with Gasteiger partial charge in [-0.15, -0.1) is 0 Å². The average molecular weight is 214 g/mol. The lowest BCUT2D eigenvalue weighted by Crippen LogP contribution is -2.34. The summed E-state index contributed by atoms with van der Waals surface area (Å²) in [6.07, 6.45) is 0.600. The van der Waals surface area contributed by atoms with Crippen molar-refractivity contribution in [2.45, 2.75) is 32.7 Å². The van der Waals surface area contributed by atoms with Crippen LogP contribution in [0.15, 0.2) is 0 Å². The second-order valence-corrected chi connectivity index (χ2v) is 4.61. The SMILES string of the molecule is CC(=O)Nc1nc(CC(C)(C)N)ns1. The van der Waals surface area contributed by atoms with Crippen molar-refractivity contribution in [3.05, 3.63) is 5.82 Å². The molecule has 0 saturated heterocycles. The van der Waals surface area contributed by atoms with Crippen molar-refractivity contribution in [2.75, 3.05) is 5.32 Å². The summed E-state index contributed by atoms with van der Waals surface area (Å²) >= 11 is 1.17. The zero-order chi connectivity index (χ0) is 10.8. The number of amides is 1. The van der Waals surface area contributed by atoms with Gasteiger partial charge in [-0.05, 0) is 13.8 Å². The first-order chi connectivity index (χ1) is 6.37. The summed E-state index contributed by atoms with van der Waals surface area (Å²) in [5.74, 6) is 0.533. The molecule has 1 aromatic heterocycles. The highest BCUT2D eigenvalue weighted by molar-refractivity contribution is 7.09. The zero-order valence-electron chi connectivity index (χ0n) is 8.50. The molecule has 0 aromatic carbocycles. The topological polar surface area (TPSA) is 80.9 Å². The summed E-state index contributed by atoms with van der Waals surface area (Å²) in [5.41, 5.74) is 5.49. The van der Waals surface area contributed by atoms with Crippen molar-refractivity contribution in [1.82, 2.24) is 9.36 Å². The summed E-state index contributed by atoms with van der Waals surface area (Å²) in [4.78, 5) is 14.8. The Balaban J connectivity index is 2.64. The number of nitrogens with zero attached hydrogens (tertiary/aromatic N) is 2. The first-order valence-corrected chi connectivity index (χ1v) is 5.03. The Labute approximate surface area is 86.9 Å². The van der Waals surface area contributed by atoms with E-state index in [1.807, 2.05) is 13.8 Å². The molecule has 0 saturated carbocycles. The van der Waals surface area contributed by atoms with Gasteiger partial charge in [-0.1, -0.05) is 0 Å². The van der Waals surface area contributed by atoms with E-state index in [-0.39, 0.29) is 11.4 Å². The molecule has 6 heteroatoms. The van der Waals surface area contributed by atoms with Crippen LogP contribution in [0.25, 0.3) is 0 Å². The van der Waals surface area contributed by atoms with Crippen molar-refractivity contribution in [3.63, 3.8) is 0 Å². The fourth-order valence-corrected chi connectivity index (χ4v) is 1.57. The predicted octanol–water partition coefficient (Wildman–Crippen LogP) is 0.776. The van der Waals surface area contributed by atoms with Gasteiger partial charge in [-0.2, -0.15) is 4.37 Å². The van der Waals surface area contributed by atoms with Crippen LogP contribution in [0.5, 0.6) is 0 Å². The second-order valence-electron chi connectivity index (χ2n) is 3.86. The first-order valence-electron chi connectivity index (χ1n) is 4.26. The van der Waals surface area contributed by atoms with E-state index in [0.717, 1.165) is 0 Å². The van der Waals surface area contributed by atoms with Crippen molar-refractivity contribution < 1.29 is 4.79 Å². The Morgan fingerprint density at radius 3 is 2.79 bits per heavy atom. The summed E-state index contributed by atoms with van der Waals surface area (Å²) in [6.45, 7) is 5.26. The summed E-state index contributed by atoms with van der Waals surface area (Å²) < 4.78 is 4.09. The number of hydrogen-bond acceptors (Lipinski definition) is 5. The van der Waals surface area contributed by atoms with Gasteiger partial charge >= 0.3 is 0 Å². The fourth-order valence-electron chi connectivity index (χ4n) is 0.935. The minimum absolute atomic E-state index is 0.139. The summed E-state index contributed by atoms with van der Waals surface area (Å²) in [5, 5.41) is 3.10. The van der Waals surface area contributed by atoms with E-state index in [1.165, 1.54) is 18.5 Å². The average Bonchev–Trinajstić information content (AvgIpc) is 2.30. The lowest BCUT2D eigenvalue weighted by molar-refractivity contribution is -0.114. The third kappa shape index (κ3) is 3.80. The van der Waals surface area contributed by atoms with Gasteiger partial charge in [0.25, 0.3) is 0 Å². The maximum atomic E-state index is 10.7. The van der Waals surface area contributed by atoms with Crippen molar-refractivity contribution in [2.24, 2.45) is 5.73 Å². The van der Waals surface area contributed by atoms with E-state index >= 15 is 0 Å². The van der Waals surface area contributed by atoms with Gasteiger partial charge in [-0.3, -0.25) is 4.79 Å². The van der Waals surface area contributed by atoms with Crippen LogP contribution in [0.2, 0.25) is 0 Å². The van der Waals surface area contributed by atoms with E-state index in [4.69, 9.17) is 5.73 Å². The molecule has 1 heterocycles. The summed E-state index contributed by atoms with van der Waals surface area (Å²) in [7, 11) is 0. The molecule has 0 radical (unpaired) electrons. The predicted molar refractivity (Wildman–Crippen MR) is 56.2 cm³/mol. The van der Waals surface area contributed by atoms with Crippen LogP contribution in [-0.2, 0) is 11.2 Å². The molecule has 0 aliphatic carbocycles. The molecule has 1 rings (SSSR count). The van der Waals surface area contributed by atoms with Crippen LogP contribution in [-0.4, -0.2) is 20.8 Å². The van der Waals surface area contributed by atoms with Gasteiger partial charge in [0.05, 0.1) is 0 Å². The molecule has 1 amide bonds. The third-order valence-electron chi connectivity index (χ3n) is 1.36. The monoisotopic (exact) mass is 214 g/mol. The van der Waals surface area contributed by atoms with Gasteiger partial charge in [0, 0.05) is 30.4 Å². The lowest BCUT2D eigenvalue weighted by Gasteiger charge is -2.15. The van der Waals surface area contributed by atoms with E-state index in [2.05, 4.69) is 14.7 Å². The minimum atomic E-state index is -0.325. The molecule has 0 aliphatic rings. The molecule has 0 atom stereocenters. The van der Waals surface area contributed by atoms with Crippen LogP contribution < -0.4 is 11.1 Å². The third-order valence-corrected chi connectivity index (χ3v) is 2.03.